The van der Waals surface area contributed by atoms with Gasteiger partial charge in [-0.2, -0.15) is 0 Å². The van der Waals surface area contributed by atoms with Gasteiger partial charge in [-0.25, -0.2) is 0 Å². The second-order valence-electron chi connectivity index (χ2n) is 5.54. The van der Waals surface area contributed by atoms with Gasteiger partial charge in [-0.3, -0.25) is 4.79 Å². The topological polar surface area (TPSA) is 47.6 Å². The van der Waals surface area contributed by atoms with Crippen molar-refractivity contribution >= 4 is 27.5 Å². The molecule has 1 N–H and O–H groups in total. The molecule has 0 fully saturated rings. The highest BCUT2D eigenvalue weighted by atomic mass is 79.9. The summed E-state index contributed by atoms with van der Waals surface area (Å²) in [6, 6.07) is 12.5. The molecule has 23 heavy (non-hydrogen) atoms. The highest BCUT2D eigenvalue weighted by Crippen LogP contribution is 2.27. The lowest BCUT2D eigenvalue weighted by atomic mass is 10.2. The standard InChI is InChI=1S/C18H20BrNO3/c1-12(2)11-23-17-8-7-13(9-16(17)19)18(21)20-14-5-4-6-15(10-14)22-3/h4-10,12H,11H2,1-3H3,(H,20,21). The number of carbonyl (C=O) groups is 1. The Kier molecular flexibility index (Phi) is 6.04. The summed E-state index contributed by atoms with van der Waals surface area (Å²) >= 11 is 3.45. The summed E-state index contributed by atoms with van der Waals surface area (Å²) in [6.45, 7) is 4.81. The van der Waals surface area contributed by atoms with Crippen LogP contribution in [0.1, 0.15) is 24.2 Å². The Morgan fingerprint density at radius 3 is 2.65 bits per heavy atom. The van der Waals surface area contributed by atoms with Gasteiger partial charge in [0.1, 0.15) is 11.5 Å². The van der Waals surface area contributed by atoms with E-state index in [9.17, 15) is 4.79 Å². The van der Waals surface area contributed by atoms with Crippen LogP contribution < -0.4 is 14.8 Å². The lowest BCUT2D eigenvalue weighted by Crippen LogP contribution is -2.12. The van der Waals surface area contributed by atoms with Crippen molar-refractivity contribution in [3.05, 3.63) is 52.5 Å². The van der Waals surface area contributed by atoms with E-state index in [1.54, 1.807) is 31.4 Å². The summed E-state index contributed by atoms with van der Waals surface area (Å²) in [6.07, 6.45) is 0. The first-order valence-corrected chi connectivity index (χ1v) is 8.16. The van der Waals surface area contributed by atoms with Gasteiger partial charge in [0.05, 0.1) is 18.2 Å². The molecule has 4 nitrogen and oxygen atoms in total. The summed E-state index contributed by atoms with van der Waals surface area (Å²) < 4.78 is 11.6. The number of methoxy groups -OCH3 is 1. The number of carbonyl (C=O) groups excluding carboxylic acids is 1. The average Bonchev–Trinajstić information content (AvgIpc) is 2.53. The van der Waals surface area contributed by atoms with Crippen LogP contribution in [0.25, 0.3) is 0 Å². The van der Waals surface area contributed by atoms with E-state index in [0.717, 1.165) is 10.2 Å². The summed E-state index contributed by atoms with van der Waals surface area (Å²) in [4.78, 5) is 12.3. The lowest BCUT2D eigenvalue weighted by molar-refractivity contribution is 0.102. The number of anilines is 1. The van der Waals surface area contributed by atoms with Crippen molar-refractivity contribution in [2.45, 2.75) is 13.8 Å². The van der Waals surface area contributed by atoms with E-state index in [4.69, 9.17) is 9.47 Å². The van der Waals surface area contributed by atoms with Crippen molar-refractivity contribution in [2.75, 3.05) is 19.0 Å². The van der Waals surface area contributed by atoms with Crippen LogP contribution in [-0.4, -0.2) is 19.6 Å². The van der Waals surface area contributed by atoms with Crippen molar-refractivity contribution in [3.8, 4) is 11.5 Å². The Labute approximate surface area is 144 Å². The van der Waals surface area contributed by atoms with Crippen LogP contribution in [0, 0.1) is 5.92 Å². The number of hydrogen-bond acceptors (Lipinski definition) is 3. The van der Waals surface area contributed by atoms with E-state index >= 15 is 0 Å². The molecular weight excluding hydrogens is 358 g/mol. The SMILES string of the molecule is COc1cccc(NC(=O)c2ccc(OCC(C)C)c(Br)c2)c1. The van der Waals surface area contributed by atoms with E-state index < -0.39 is 0 Å². The average molecular weight is 378 g/mol. The summed E-state index contributed by atoms with van der Waals surface area (Å²) in [7, 11) is 1.59. The van der Waals surface area contributed by atoms with Crippen LogP contribution in [0.4, 0.5) is 5.69 Å². The minimum Gasteiger partial charge on any atom is -0.497 e. The molecule has 0 aliphatic carbocycles. The molecule has 0 saturated heterocycles. The van der Waals surface area contributed by atoms with Crippen molar-refractivity contribution < 1.29 is 14.3 Å². The first-order valence-electron chi connectivity index (χ1n) is 7.37. The van der Waals surface area contributed by atoms with Crippen LogP contribution in [-0.2, 0) is 0 Å². The third kappa shape index (κ3) is 4.99. The first-order chi connectivity index (χ1) is 11.0. The monoisotopic (exact) mass is 377 g/mol. The molecule has 2 aromatic carbocycles. The minimum absolute atomic E-state index is 0.186. The Hall–Kier alpha value is -2.01. The van der Waals surface area contributed by atoms with Gasteiger partial charge in [0.2, 0.25) is 0 Å². The van der Waals surface area contributed by atoms with E-state index in [1.165, 1.54) is 0 Å². The van der Waals surface area contributed by atoms with Crippen molar-refractivity contribution in [1.29, 1.82) is 0 Å². The number of hydrogen-bond donors (Lipinski definition) is 1. The lowest BCUT2D eigenvalue weighted by Gasteiger charge is -2.12. The molecule has 0 saturated carbocycles. The Bertz CT molecular complexity index is 686. The van der Waals surface area contributed by atoms with Gasteiger partial charge in [0, 0.05) is 17.3 Å². The molecule has 0 aliphatic heterocycles. The van der Waals surface area contributed by atoms with Crippen molar-refractivity contribution in [1.82, 2.24) is 0 Å². The molecule has 0 atom stereocenters. The van der Waals surface area contributed by atoms with Crippen LogP contribution in [0.5, 0.6) is 11.5 Å². The van der Waals surface area contributed by atoms with E-state index in [-0.39, 0.29) is 5.91 Å². The molecular formula is C18H20BrNO3. The van der Waals surface area contributed by atoms with Gasteiger partial charge in [-0.15, -0.1) is 0 Å². The minimum atomic E-state index is -0.186. The predicted octanol–water partition coefficient (Wildman–Crippen LogP) is 4.74. The summed E-state index contributed by atoms with van der Waals surface area (Å²) in [5.74, 6) is 1.69. The van der Waals surface area contributed by atoms with Crippen LogP contribution in [0.15, 0.2) is 46.9 Å². The molecule has 0 radical (unpaired) electrons. The number of nitrogens with one attached hydrogen (secondary N) is 1. The Balaban J connectivity index is 2.08. The molecule has 2 rings (SSSR count). The normalized spacial score (nSPS) is 10.5. The molecule has 0 aromatic heterocycles. The molecule has 2 aromatic rings. The molecule has 122 valence electrons. The van der Waals surface area contributed by atoms with Gasteiger partial charge in [0.15, 0.2) is 0 Å². The number of ether oxygens (including phenoxy) is 2. The third-order valence-corrected chi connectivity index (χ3v) is 3.71. The quantitative estimate of drug-likeness (QED) is 0.790. The Morgan fingerprint density at radius 1 is 1.22 bits per heavy atom. The van der Waals surface area contributed by atoms with Gasteiger partial charge in [-0.1, -0.05) is 19.9 Å². The maximum Gasteiger partial charge on any atom is 0.255 e. The zero-order chi connectivity index (χ0) is 16.8. The summed E-state index contributed by atoms with van der Waals surface area (Å²) in [5.41, 5.74) is 1.24. The van der Waals surface area contributed by atoms with E-state index in [0.29, 0.717) is 29.5 Å². The van der Waals surface area contributed by atoms with Crippen LogP contribution >= 0.6 is 15.9 Å². The van der Waals surface area contributed by atoms with Gasteiger partial charge < -0.3 is 14.8 Å². The van der Waals surface area contributed by atoms with Gasteiger partial charge >= 0.3 is 0 Å². The molecule has 0 aliphatic rings. The molecule has 5 heteroatoms. The van der Waals surface area contributed by atoms with Crippen molar-refractivity contribution in [2.24, 2.45) is 5.92 Å². The van der Waals surface area contributed by atoms with Gasteiger partial charge in [0.25, 0.3) is 5.91 Å². The van der Waals surface area contributed by atoms with E-state index in [1.807, 2.05) is 18.2 Å². The molecule has 0 bridgehead atoms. The fraction of sp³-hybridized carbons (Fsp3) is 0.278. The van der Waals surface area contributed by atoms with Crippen LogP contribution in [0.3, 0.4) is 0 Å². The number of halogens is 1. The summed E-state index contributed by atoms with van der Waals surface area (Å²) in [5, 5.41) is 2.85. The fourth-order valence-corrected chi connectivity index (χ4v) is 2.41. The van der Waals surface area contributed by atoms with Gasteiger partial charge in [-0.05, 0) is 52.2 Å². The maximum atomic E-state index is 12.3. The van der Waals surface area contributed by atoms with E-state index in [2.05, 4.69) is 35.1 Å². The first kappa shape index (κ1) is 17.3. The second kappa shape index (κ2) is 8.02. The molecule has 0 spiro atoms. The number of rotatable bonds is 6. The van der Waals surface area contributed by atoms with Crippen LogP contribution in [0.2, 0.25) is 0 Å². The number of benzene rings is 2. The number of amides is 1. The zero-order valence-corrected chi connectivity index (χ0v) is 15.0. The maximum absolute atomic E-state index is 12.3. The predicted molar refractivity (Wildman–Crippen MR) is 95.4 cm³/mol. The Morgan fingerprint density at radius 2 is 2.00 bits per heavy atom. The molecule has 0 unspecified atom stereocenters. The second-order valence-corrected chi connectivity index (χ2v) is 6.39. The highest BCUT2D eigenvalue weighted by molar-refractivity contribution is 9.10. The highest BCUT2D eigenvalue weighted by Gasteiger charge is 2.10. The largest absolute Gasteiger partial charge is 0.497 e. The molecule has 0 heterocycles. The molecule has 1 amide bonds. The smallest absolute Gasteiger partial charge is 0.255 e. The fourth-order valence-electron chi connectivity index (χ4n) is 1.92. The van der Waals surface area contributed by atoms with Crippen molar-refractivity contribution in [3.63, 3.8) is 0 Å². The third-order valence-electron chi connectivity index (χ3n) is 3.09. The zero-order valence-electron chi connectivity index (χ0n) is 13.4.